The van der Waals surface area contributed by atoms with Gasteiger partial charge in [-0.15, -0.1) is 0 Å². The van der Waals surface area contributed by atoms with Crippen LogP contribution in [-0.4, -0.2) is 37.4 Å². The Morgan fingerprint density at radius 2 is 2.05 bits per heavy atom. The highest BCUT2D eigenvalue weighted by atomic mass is 16.5. The molecule has 0 aliphatic carbocycles. The van der Waals surface area contributed by atoms with Gasteiger partial charge in [-0.3, -0.25) is 4.99 Å². The molecule has 0 aliphatic rings. The maximum absolute atomic E-state index is 8.98. The van der Waals surface area contributed by atoms with E-state index in [1.54, 1.807) is 0 Å². The molecule has 1 aromatic carbocycles. The van der Waals surface area contributed by atoms with Gasteiger partial charge in [0.2, 0.25) is 0 Å². The Kier molecular flexibility index (Phi) is 7.39. The smallest absolute Gasteiger partial charge is 0.193 e. The minimum absolute atomic E-state index is 0.0754. The number of hydrogen-bond acceptors (Lipinski definition) is 4. The maximum atomic E-state index is 8.98. The second kappa shape index (κ2) is 9.07. The number of aliphatic hydroxyl groups excluding tert-OH is 1. The summed E-state index contributed by atoms with van der Waals surface area (Å²) in [4.78, 5) is 4.19. The van der Waals surface area contributed by atoms with Crippen LogP contribution in [0.2, 0.25) is 0 Å². The lowest BCUT2D eigenvalue weighted by molar-refractivity contribution is 0.242. The molecule has 0 aliphatic heterocycles. The molecule has 21 heavy (non-hydrogen) atoms. The van der Waals surface area contributed by atoms with Crippen LogP contribution in [0.1, 0.15) is 20.8 Å². The Morgan fingerprint density at radius 1 is 1.33 bits per heavy atom. The van der Waals surface area contributed by atoms with E-state index in [9.17, 15) is 0 Å². The number of aliphatic hydroxyl groups is 1. The Bertz CT molecular complexity index is 463. The van der Waals surface area contributed by atoms with Gasteiger partial charge in [0.25, 0.3) is 0 Å². The van der Waals surface area contributed by atoms with E-state index in [4.69, 9.17) is 20.3 Å². The minimum Gasteiger partial charge on any atom is -0.494 e. The van der Waals surface area contributed by atoms with Crippen LogP contribution in [0, 0.1) is 5.92 Å². The highest BCUT2D eigenvalue weighted by molar-refractivity contribution is 5.94. The van der Waals surface area contributed by atoms with Crippen molar-refractivity contribution in [2.75, 3.05) is 31.7 Å². The molecule has 0 heterocycles. The number of benzene rings is 1. The number of hydrogen-bond donors (Lipinski definition) is 3. The van der Waals surface area contributed by atoms with Crippen LogP contribution in [0.5, 0.6) is 11.5 Å². The van der Waals surface area contributed by atoms with Crippen LogP contribution in [-0.2, 0) is 0 Å². The fourth-order valence-corrected chi connectivity index (χ4v) is 1.63. The van der Waals surface area contributed by atoms with E-state index in [1.165, 1.54) is 0 Å². The van der Waals surface area contributed by atoms with Gasteiger partial charge in [0.1, 0.15) is 11.5 Å². The van der Waals surface area contributed by atoms with E-state index in [0.717, 1.165) is 5.75 Å². The molecule has 4 N–H and O–H groups in total. The number of anilines is 1. The lowest BCUT2D eigenvalue weighted by Gasteiger charge is -2.14. The average Bonchev–Trinajstić information content (AvgIpc) is 2.48. The molecule has 0 fully saturated rings. The molecule has 0 spiro atoms. The molecule has 0 aromatic heterocycles. The van der Waals surface area contributed by atoms with Crippen molar-refractivity contribution in [1.82, 2.24) is 0 Å². The second-order valence-corrected chi connectivity index (χ2v) is 4.66. The molecular weight excluding hydrogens is 270 g/mol. The van der Waals surface area contributed by atoms with Gasteiger partial charge in [0, 0.05) is 19.2 Å². The minimum atomic E-state index is 0.0754. The van der Waals surface area contributed by atoms with E-state index in [2.05, 4.69) is 10.3 Å². The van der Waals surface area contributed by atoms with Crippen LogP contribution in [0.4, 0.5) is 5.69 Å². The predicted octanol–water partition coefficient (Wildman–Crippen LogP) is 1.84. The Balaban J connectivity index is 2.84. The highest BCUT2D eigenvalue weighted by Crippen LogP contribution is 2.29. The molecule has 0 saturated heterocycles. The normalized spacial score (nSPS) is 12.9. The van der Waals surface area contributed by atoms with Gasteiger partial charge >= 0.3 is 0 Å². The van der Waals surface area contributed by atoms with E-state index < -0.39 is 0 Å². The first-order valence-corrected chi connectivity index (χ1v) is 7.18. The molecule has 1 atom stereocenters. The summed E-state index contributed by atoms with van der Waals surface area (Å²) in [6.45, 7) is 7.44. The summed E-state index contributed by atoms with van der Waals surface area (Å²) in [5, 5.41) is 12.0. The van der Waals surface area contributed by atoms with Crippen LogP contribution in [0.25, 0.3) is 0 Å². The van der Waals surface area contributed by atoms with Gasteiger partial charge in [-0.05, 0) is 31.9 Å². The second-order valence-electron chi connectivity index (χ2n) is 4.66. The van der Waals surface area contributed by atoms with Crippen LogP contribution >= 0.6 is 0 Å². The number of nitrogens with zero attached hydrogens (tertiary/aromatic N) is 1. The largest absolute Gasteiger partial charge is 0.494 e. The first-order valence-electron chi connectivity index (χ1n) is 7.18. The van der Waals surface area contributed by atoms with Crippen LogP contribution < -0.4 is 20.5 Å². The number of nitrogens with two attached hydrogens (primary N) is 1. The number of guanidine groups is 1. The summed E-state index contributed by atoms with van der Waals surface area (Å²) < 4.78 is 11.0. The maximum Gasteiger partial charge on any atom is 0.193 e. The third kappa shape index (κ3) is 5.91. The average molecular weight is 295 g/mol. The molecule has 0 saturated carbocycles. The monoisotopic (exact) mass is 295 g/mol. The molecule has 6 heteroatoms. The van der Waals surface area contributed by atoms with Crippen molar-refractivity contribution in [2.24, 2.45) is 16.6 Å². The molecule has 1 rings (SSSR count). The van der Waals surface area contributed by atoms with E-state index in [1.807, 2.05) is 39.0 Å². The Hall–Kier alpha value is -1.95. The lowest BCUT2D eigenvalue weighted by atomic mass is 10.2. The van der Waals surface area contributed by atoms with Crippen molar-refractivity contribution in [3.63, 3.8) is 0 Å². The molecular formula is C15H25N3O3. The molecule has 0 radical (unpaired) electrons. The summed E-state index contributed by atoms with van der Waals surface area (Å²) in [5.41, 5.74) is 6.57. The SMILES string of the molecule is CCOc1ccc(OCC)c(NC(N)=NCC(C)CO)c1. The van der Waals surface area contributed by atoms with Gasteiger partial charge in [-0.2, -0.15) is 0 Å². The summed E-state index contributed by atoms with van der Waals surface area (Å²) in [7, 11) is 0. The molecule has 0 amide bonds. The molecule has 1 aromatic rings. The molecule has 118 valence electrons. The summed E-state index contributed by atoms with van der Waals surface area (Å²) in [5.74, 6) is 1.78. The van der Waals surface area contributed by atoms with Crippen molar-refractivity contribution in [3.05, 3.63) is 18.2 Å². The topological polar surface area (TPSA) is 89.1 Å². The van der Waals surface area contributed by atoms with Gasteiger partial charge in [-0.1, -0.05) is 6.92 Å². The zero-order chi connectivity index (χ0) is 15.7. The summed E-state index contributed by atoms with van der Waals surface area (Å²) >= 11 is 0. The van der Waals surface area contributed by atoms with Crippen LogP contribution in [0.3, 0.4) is 0 Å². The quantitative estimate of drug-likeness (QED) is 0.503. The predicted molar refractivity (Wildman–Crippen MR) is 85.1 cm³/mol. The molecule has 6 nitrogen and oxygen atoms in total. The van der Waals surface area contributed by atoms with Crippen molar-refractivity contribution in [3.8, 4) is 11.5 Å². The third-order valence-corrected chi connectivity index (χ3v) is 2.71. The number of aliphatic imine (C=N–C) groups is 1. The van der Waals surface area contributed by atoms with E-state index in [0.29, 0.717) is 31.2 Å². The lowest BCUT2D eigenvalue weighted by Crippen LogP contribution is -2.24. The van der Waals surface area contributed by atoms with Crippen molar-refractivity contribution >= 4 is 11.6 Å². The highest BCUT2D eigenvalue weighted by Gasteiger charge is 2.07. The van der Waals surface area contributed by atoms with Crippen molar-refractivity contribution < 1.29 is 14.6 Å². The Morgan fingerprint density at radius 3 is 2.67 bits per heavy atom. The first kappa shape index (κ1) is 17.1. The van der Waals surface area contributed by atoms with Crippen molar-refractivity contribution in [2.45, 2.75) is 20.8 Å². The number of ether oxygens (including phenoxy) is 2. The molecule has 1 unspecified atom stereocenters. The third-order valence-electron chi connectivity index (χ3n) is 2.71. The van der Waals surface area contributed by atoms with Crippen molar-refractivity contribution in [1.29, 1.82) is 0 Å². The first-order chi connectivity index (χ1) is 10.1. The summed E-state index contributed by atoms with van der Waals surface area (Å²) in [6, 6.07) is 5.51. The fraction of sp³-hybridized carbons (Fsp3) is 0.533. The number of rotatable bonds is 8. The standard InChI is InChI=1S/C15H25N3O3/c1-4-20-12-6-7-14(21-5-2)13(8-12)18-15(16)17-9-11(3)10-19/h6-8,11,19H,4-5,9-10H2,1-3H3,(H3,16,17,18). The van der Waals surface area contributed by atoms with E-state index >= 15 is 0 Å². The zero-order valence-corrected chi connectivity index (χ0v) is 12.9. The molecule has 0 bridgehead atoms. The van der Waals surface area contributed by atoms with Crippen LogP contribution in [0.15, 0.2) is 23.2 Å². The fourth-order valence-electron chi connectivity index (χ4n) is 1.63. The van der Waals surface area contributed by atoms with Gasteiger partial charge < -0.3 is 25.6 Å². The van der Waals surface area contributed by atoms with Gasteiger partial charge in [0.05, 0.1) is 18.9 Å². The van der Waals surface area contributed by atoms with Gasteiger partial charge in [0.15, 0.2) is 5.96 Å². The summed E-state index contributed by atoms with van der Waals surface area (Å²) in [6.07, 6.45) is 0. The zero-order valence-electron chi connectivity index (χ0n) is 12.9. The number of nitrogens with one attached hydrogen (secondary N) is 1. The van der Waals surface area contributed by atoms with Gasteiger partial charge in [-0.25, -0.2) is 0 Å². The Labute approximate surface area is 126 Å². The van der Waals surface area contributed by atoms with E-state index in [-0.39, 0.29) is 18.5 Å².